The Morgan fingerprint density at radius 2 is 0.873 bits per heavy atom. The quantitative estimate of drug-likeness (QED) is 0.168. The molecule has 0 aliphatic rings. The van der Waals surface area contributed by atoms with Gasteiger partial charge in [-0.25, -0.2) is 15.0 Å². The third-order valence-electron chi connectivity index (χ3n) is 10.7. The standard InChI is InChI=1S/C51H31N3O/c1-2-12-32(13-3-1)35-15-10-16-37(30-35)49-52-50(54-51(53-49)44-21-11-23-47-48(44)43-20-8-9-22-46(43)55-47)42-19-7-6-18-39(42)36-25-24-34-27-28-40-38-17-5-4-14-33(38)26-29-41(40)45(34)31-36/h1-31H. The summed E-state index contributed by atoms with van der Waals surface area (Å²) in [7, 11) is 0. The fourth-order valence-electron chi connectivity index (χ4n) is 8.09. The van der Waals surface area contributed by atoms with Gasteiger partial charge < -0.3 is 4.42 Å². The molecule has 0 aliphatic carbocycles. The van der Waals surface area contributed by atoms with Crippen molar-refractivity contribution in [2.75, 3.05) is 0 Å². The Bertz CT molecular complexity index is 3270. The summed E-state index contributed by atoms with van der Waals surface area (Å²) in [6, 6.07) is 65.8. The third-order valence-corrected chi connectivity index (χ3v) is 10.7. The highest BCUT2D eigenvalue weighted by Crippen LogP contribution is 2.39. The summed E-state index contributed by atoms with van der Waals surface area (Å²) >= 11 is 0. The molecule has 0 aliphatic heterocycles. The average Bonchev–Trinajstić information content (AvgIpc) is 3.65. The molecule has 0 spiro atoms. The number of para-hydroxylation sites is 1. The fraction of sp³-hybridized carbons (Fsp3) is 0. The molecule has 11 rings (SSSR count). The first kappa shape index (κ1) is 31.1. The molecule has 0 atom stereocenters. The van der Waals surface area contributed by atoms with E-state index >= 15 is 0 Å². The Kier molecular flexibility index (Phi) is 7.14. The molecule has 256 valence electrons. The highest BCUT2D eigenvalue weighted by Gasteiger charge is 2.20. The van der Waals surface area contributed by atoms with Crippen LogP contribution < -0.4 is 0 Å². The van der Waals surface area contributed by atoms with E-state index in [1.807, 2.05) is 36.4 Å². The number of furan rings is 1. The van der Waals surface area contributed by atoms with Crippen LogP contribution in [0.5, 0.6) is 0 Å². The van der Waals surface area contributed by atoms with Gasteiger partial charge in [0.1, 0.15) is 11.2 Å². The maximum absolute atomic E-state index is 6.30. The zero-order valence-corrected chi connectivity index (χ0v) is 29.6. The third kappa shape index (κ3) is 5.26. The van der Waals surface area contributed by atoms with Gasteiger partial charge in [-0.2, -0.15) is 0 Å². The molecule has 55 heavy (non-hydrogen) atoms. The van der Waals surface area contributed by atoms with E-state index < -0.39 is 0 Å². The maximum Gasteiger partial charge on any atom is 0.164 e. The molecular formula is C51H31N3O. The summed E-state index contributed by atoms with van der Waals surface area (Å²) in [5, 5.41) is 9.41. The fourth-order valence-corrected chi connectivity index (χ4v) is 8.09. The van der Waals surface area contributed by atoms with Crippen molar-refractivity contribution in [1.29, 1.82) is 0 Å². The molecule has 11 aromatic rings. The normalized spacial score (nSPS) is 11.6. The topological polar surface area (TPSA) is 51.8 Å². The van der Waals surface area contributed by atoms with Gasteiger partial charge in [-0.1, -0.05) is 164 Å². The van der Waals surface area contributed by atoms with Crippen LogP contribution in [0.15, 0.2) is 192 Å². The van der Waals surface area contributed by atoms with E-state index in [-0.39, 0.29) is 0 Å². The van der Waals surface area contributed by atoms with Gasteiger partial charge in [-0.15, -0.1) is 0 Å². The van der Waals surface area contributed by atoms with Gasteiger partial charge in [0.25, 0.3) is 0 Å². The van der Waals surface area contributed by atoms with Crippen LogP contribution in [0.3, 0.4) is 0 Å². The van der Waals surface area contributed by atoms with E-state index in [1.54, 1.807) is 0 Å². The summed E-state index contributed by atoms with van der Waals surface area (Å²) in [4.78, 5) is 15.7. The van der Waals surface area contributed by atoms with Crippen LogP contribution in [0.2, 0.25) is 0 Å². The lowest BCUT2D eigenvalue weighted by Gasteiger charge is -2.14. The van der Waals surface area contributed by atoms with Gasteiger partial charge in [0.2, 0.25) is 0 Å². The molecule has 0 fully saturated rings. The van der Waals surface area contributed by atoms with Crippen molar-refractivity contribution in [3.05, 3.63) is 188 Å². The van der Waals surface area contributed by atoms with Crippen molar-refractivity contribution < 1.29 is 4.42 Å². The summed E-state index contributed by atoms with van der Waals surface area (Å²) in [5.41, 5.74) is 8.75. The monoisotopic (exact) mass is 701 g/mol. The first-order valence-electron chi connectivity index (χ1n) is 18.5. The van der Waals surface area contributed by atoms with Crippen LogP contribution >= 0.6 is 0 Å². The molecule has 0 saturated heterocycles. The van der Waals surface area contributed by atoms with Gasteiger partial charge >= 0.3 is 0 Å². The lowest BCUT2D eigenvalue weighted by molar-refractivity contribution is 0.669. The summed E-state index contributed by atoms with van der Waals surface area (Å²) in [6.07, 6.45) is 0. The number of hydrogen-bond acceptors (Lipinski definition) is 4. The summed E-state index contributed by atoms with van der Waals surface area (Å²) in [5.74, 6) is 1.80. The van der Waals surface area contributed by atoms with Crippen LogP contribution in [-0.4, -0.2) is 15.0 Å². The van der Waals surface area contributed by atoms with Gasteiger partial charge in [-0.05, 0) is 78.8 Å². The molecule has 0 radical (unpaired) electrons. The number of nitrogens with zero attached hydrogens (tertiary/aromatic N) is 3. The molecule has 0 bridgehead atoms. The second kappa shape index (κ2) is 12.6. The van der Waals surface area contributed by atoms with Crippen LogP contribution in [-0.2, 0) is 0 Å². The summed E-state index contributed by atoms with van der Waals surface area (Å²) < 4.78 is 6.30. The smallest absolute Gasteiger partial charge is 0.164 e. The molecule has 2 aromatic heterocycles. The van der Waals surface area contributed by atoms with Crippen molar-refractivity contribution >= 4 is 54.3 Å². The number of fused-ring (bicyclic) bond motifs is 8. The molecule has 0 unspecified atom stereocenters. The van der Waals surface area contributed by atoms with Crippen molar-refractivity contribution in [3.8, 4) is 56.4 Å². The minimum absolute atomic E-state index is 0.591. The zero-order valence-electron chi connectivity index (χ0n) is 29.6. The minimum atomic E-state index is 0.591. The van der Waals surface area contributed by atoms with Crippen molar-refractivity contribution in [2.24, 2.45) is 0 Å². The number of rotatable bonds is 5. The van der Waals surface area contributed by atoms with E-state index in [0.29, 0.717) is 17.5 Å². The van der Waals surface area contributed by atoms with E-state index in [2.05, 4.69) is 152 Å². The molecule has 0 N–H and O–H groups in total. The molecule has 4 heteroatoms. The minimum Gasteiger partial charge on any atom is -0.456 e. The second-order valence-corrected chi connectivity index (χ2v) is 14.0. The second-order valence-electron chi connectivity index (χ2n) is 14.0. The molecule has 0 saturated carbocycles. The maximum atomic E-state index is 6.30. The Labute approximate surface area is 317 Å². The molecule has 9 aromatic carbocycles. The number of benzene rings is 9. The highest BCUT2D eigenvalue weighted by atomic mass is 16.3. The van der Waals surface area contributed by atoms with Crippen molar-refractivity contribution in [2.45, 2.75) is 0 Å². The largest absolute Gasteiger partial charge is 0.456 e. The molecule has 0 amide bonds. The lowest BCUT2D eigenvalue weighted by atomic mass is 9.93. The van der Waals surface area contributed by atoms with E-state index in [4.69, 9.17) is 19.4 Å². The Hall–Kier alpha value is -7.43. The predicted octanol–water partition coefficient (Wildman–Crippen LogP) is 13.6. The lowest BCUT2D eigenvalue weighted by Crippen LogP contribution is -2.01. The van der Waals surface area contributed by atoms with E-state index in [9.17, 15) is 0 Å². The van der Waals surface area contributed by atoms with Crippen LogP contribution in [0, 0.1) is 0 Å². The first-order valence-corrected chi connectivity index (χ1v) is 18.5. The van der Waals surface area contributed by atoms with E-state index in [1.165, 1.54) is 32.3 Å². The molecule has 2 heterocycles. The van der Waals surface area contributed by atoms with Gasteiger partial charge in [0.15, 0.2) is 17.5 Å². The Morgan fingerprint density at radius 1 is 0.291 bits per heavy atom. The van der Waals surface area contributed by atoms with Crippen LogP contribution in [0.25, 0.3) is 111 Å². The Morgan fingerprint density at radius 3 is 1.75 bits per heavy atom. The summed E-state index contributed by atoms with van der Waals surface area (Å²) in [6.45, 7) is 0. The molecule has 4 nitrogen and oxygen atoms in total. The van der Waals surface area contributed by atoms with Gasteiger partial charge in [-0.3, -0.25) is 0 Å². The first-order chi connectivity index (χ1) is 27.2. The van der Waals surface area contributed by atoms with Gasteiger partial charge in [0, 0.05) is 27.5 Å². The van der Waals surface area contributed by atoms with Crippen molar-refractivity contribution in [3.63, 3.8) is 0 Å². The van der Waals surface area contributed by atoms with E-state index in [0.717, 1.165) is 60.9 Å². The zero-order chi connectivity index (χ0) is 36.3. The van der Waals surface area contributed by atoms with Crippen LogP contribution in [0.1, 0.15) is 0 Å². The van der Waals surface area contributed by atoms with Gasteiger partial charge in [0.05, 0.1) is 0 Å². The van der Waals surface area contributed by atoms with Crippen molar-refractivity contribution in [1.82, 2.24) is 15.0 Å². The Balaban J connectivity index is 1.14. The SMILES string of the molecule is c1ccc(-c2cccc(-c3nc(-c4ccccc4-c4ccc5ccc6c7ccccc7ccc6c5c4)nc(-c4cccc5oc6ccccc6c45)n3)c2)cc1. The number of aromatic nitrogens is 3. The number of hydrogen-bond donors (Lipinski definition) is 0. The average molecular weight is 702 g/mol. The molecular weight excluding hydrogens is 671 g/mol. The van der Waals surface area contributed by atoms with Crippen LogP contribution in [0.4, 0.5) is 0 Å². The highest BCUT2D eigenvalue weighted by molar-refractivity contribution is 6.18. The predicted molar refractivity (Wildman–Crippen MR) is 227 cm³/mol.